The summed E-state index contributed by atoms with van der Waals surface area (Å²) >= 11 is 0. The molecule has 2 aromatic carbocycles. The predicted molar refractivity (Wildman–Crippen MR) is 74.1 cm³/mol. The van der Waals surface area contributed by atoms with Gasteiger partial charge < -0.3 is 5.11 Å². The van der Waals surface area contributed by atoms with Gasteiger partial charge in [-0.3, -0.25) is 0 Å². The van der Waals surface area contributed by atoms with Crippen molar-refractivity contribution in [2.45, 2.75) is 0 Å². The van der Waals surface area contributed by atoms with Gasteiger partial charge in [-0.05, 0) is 12.1 Å². The molecule has 1 aromatic heterocycles. The molecule has 0 amide bonds. The first kappa shape index (κ1) is 15.1. The van der Waals surface area contributed by atoms with Gasteiger partial charge in [-0.2, -0.15) is 0 Å². The van der Waals surface area contributed by atoms with Gasteiger partial charge in [0.1, 0.15) is 0 Å². The summed E-state index contributed by atoms with van der Waals surface area (Å²) in [5.74, 6) is -0.955. The fourth-order valence-corrected chi connectivity index (χ4v) is 2.09. The maximum atomic E-state index is 11.2. The summed E-state index contributed by atoms with van der Waals surface area (Å²) in [5.41, 5.74) is 2.51. The summed E-state index contributed by atoms with van der Waals surface area (Å²) in [7, 11) is 0. The van der Waals surface area contributed by atoms with Crippen molar-refractivity contribution < 1.29 is 50.7 Å². The van der Waals surface area contributed by atoms with Crippen LogP contribution in [-0.4, -0.2) is 16.1 Å². The number of nitrogens with zero attached hydrogens (tertiary/aromatic N) is 1. The van der Waals surface area contributed by atoms with Crippen LogP contribution in [0, 0.1) is 40.8 Å². The van der Waals surface area contributed by atoms with E-state index in [1.807, 2.05) is 48.5 Å². The second-order valence-corrected chi connectivity index (χ2v) is 4.24. The van der Waals surface area contributed by atoms with Crippen molar-refractivity contribution in [3.8, 4) is 11.3 Å². The van der Waals surface area contributed by atoms with E-state index in [0.717, 1.165) is 16.6 Å². The maximum absolute atomic E-state index is 11.2. The number of hydrogen-bond donors (Lipinski definition) is 1. The standard InChI is InChI=1S/C16H11NO2.Nd/c18-16(19)13-8-4-7-12-9-10-14(17-15(12)13)11-5-2-1-3-6-11;/h1-10H,(H,18,19);. The van der Waals surface area contributed by atoms with E-state index < -0.39 is 5.97 Å². The molecule has 0 unspecified atom stereocenters. The second kappa shape index (κ2) is 6.41. The average molecular weight is 394 g/mol. The Kier molecular flexibility index (Phi) is 4.83. The molecule has 0 spiro atoms. The quantitative estimate of drug-likeness (QED) is 0.724. The monoisotopic (exact) mass is 391 g/mol. The molecule has 3 rings (SSSR count). The number of fused-ring (bicyclic) bond motifs is 1. The Hall–Kier alpha value is -1.33. The fraction of sp³-hybridized carbons (Fsp3) is 0. The third-order valence-electron chi connectivity index (χ3n) is 3.02. The first-order valence-corrected chi connectivity index (χ1v) is 5.94. The molecule has 0 radical (unpaired) electrons. The molecular weight excluding hydrogens is 382 g/mol. The predicted octanol–water partition coefficient (Wildman–Crippen LogP) is 3.60. The Morgan fingerprint density at radius 3 is 2.35 bits per heavy atom. The molecule has 0 atom stereocenters. The van der Waals surface area contributed by atoms with E-state index in [1.165, 1.54) is 0 Å². The molecule has 3 nitrogen and oxygen atoms in total. The number of aromatic nitrogens is 1. The van der Waals surface area contributed by atoms with Crippen LogP contribution in [0.25, 0.3) is 22.2 Å². The van der Waals surface area contributed by atoms with Gasteiger partial charge in [0.25, 0.3) is 0 Å². The summed E-state index contributed by atoms with van der Waals surface area (Å²) < 4.78 is 0. The number of benzene rings is 2. The minimum absolute atomic E-state index is 0. The third-order valence-corrected chi connectivity index (χ3v) is 3.02. The van der Waals surface area contributed by atoms with Gasteiger partial charge in [0.2, 0.25) is 0 Å². The Balaban J connectivity index is 0.00000147. The first-order valence-electron chi connectivity index (χ1n) is 5.94. The van der Waals surface area contributed by atoms with Crippen LogP contribution in [0.5, 0.6) is 0 Å². The van der Waals surface area contributed by atoms with E-state index in [1.54, 1.807) is 12.1 Å². The van der Waals surface area contributed by atoms with Crippen LogP contribution in [0.15, 0.2) is 60.7 Å². The van der Waals surface area contributed by atoms with Crippen LogP contribution in [-0.2, 0) is 0 Å². The molecule has 0 bridgehead atoms. The van der Waals surface area contributed by atoms with E-state index in [9.17, 15) is 9.90 Å². The Morgan fingerprint density at radius 2 is 1.65 bits per heavy atom. The summed E-state index contributed by atoms with van der Waals surface area (Å²) in [4.78, 5) is 15.7. The summed E-state index contributed by atoms with van der Waals surface area (Å²) in [6.07, 6.45) is 0. The van der Waals surface area contributed by atoms with Gasteiger partial charge >= 0.3 is 5.97 Å². The maximum Gasteiger partial charge on any atom is 0.337 e. The first-order chi connectivity index (χ1) is 9.25. The number of rotatable bonds is 2. The molecule has 20 heavy (non-hydrogen) atoms. The zero-order valence-electron chi connectivity index (χ0n) is 10.6. The SMILES string of the molecule is O=C(O)c1cccc2ccc(-c3ccccc3)nc12.[Nd]. The normalized spacial score (nSPS) is 10.0. The molecular formula is C16H11NNdO2. The summed E-state index contributed by atoms with van der Waals surface area (Å²) in [5, 5.41) is 10.0. The van der Waals surface area contributed by atoms with E-state index in [-0.39, 0.29) is 46.4 Å². The fourth-order valence-electron chi connectivity index (χ4n) is 2.09. The van der Waals surface area contributed by atoms with E-state index >= 15 is 0 Å². The largest absolute Gasteiger partial charge is 0.478 e. The van der Waals surface area contributed by atoms with Crippen molar-refractivity contribution in [2.24, 2.45) is 0 Å². The van der Waals surface area contributed by atoms with Gasteiger partial charge in [0, 0.05) is 51.8 Å². The second-order valence-electron chi connectivity index (χ2n) is 4.24. The molecule has 4 heteroatoms. The molecule has 0 aliphatic rings. The molecule has 0 aliphatic heterocycles. The van der Waals surface area contributed by atoms with Crippen molar-refractivity contribution in [1.82, 2.24) is 4.98 Å². The van der Waals surface area contributed by atoms with Crippen molar-refractivity contribution >= 4 is 16.9 Å². The van der Waals surface area contributed by atoms with Crippen LogP contribution >= 0.6 is 0 Å². The van der Waals surface area contributed by atoms with Crippen LogP contribution in [0.3, 0.4) is 0 Å². The topological polar surface area (TPSA) is 50.2 Å². The minimum atomic E-state index is -0.955. The molecule has 1 heterocycles. The molecule has 3 aromatic rings. The Labute approximate surface area is 149 Å². The van der Waals surface area contributed by atoms with Crippen molar-refractivity contribution in [3.05, 3.63) is 66.2 Å². The van der Waals surface area contributed by atoms with Crippen LogP contribution < -0.4 is 0 Å². The third kappa shape index (κ3) is 2.88. The zero-order chi connectivity index (χ0) is 13.2. The number of carboxylic acid groups (broad SMARTS) is 1. The van der Waals surface area contributed by atoms with E-state index in [4.69, 9.17) is 0 Å². The molecule has 0 fully saturated rings. The number of carbonyl (C=O) groups is 1. The number of para-hydroxylation sites is 1. The van der Waals surface area contributed by atoms with Gasteiger partial charge in [0.05, 0.1) is 16.8 Å². The number of aromatic carboxylic acids is 1. The van der Waals surface area contributed by atoms with Crippen molar-refractivity contribution in [2.75, 3.05) is 0 Å². The number of carboxylic acids is 1. The Morgan fingerprint density at radius 1 is 0.900 bits per heavy atom. The van der Waals surface area contributed by atoms with Gasteiger partial charge in [-0.25, -0.2) is 9.78 Å². The van der Waals surface area contributed by atoms with Gasteiger partial charge in [-0.15, -0.1) is 0 Å². The van der Waals surface area contributed by atoms with E-state index in [2.05, 4.69) is 4.98 Å². The van der Waals surface area contributed by atoms with E-state index in [0.29, 0.717) is 5.52 Å². The van der Waals surface area contributed by atoms with Crippen LogP contribution in [0.2, 0.25) is 0 Å². The van der Waals surface area contributed by atoms with Gasteiger partial charge in [-0.1, -0.05) is 48.5 Å². The van der Waals surface area contributed by atoms with Gasteiger partial charge in [0.15, 0.2) is 0 Å². The smallest absolute Gasteiger partial charge is 0.337 e. The number of hydrogen-bond acceptors (Lipinski definition) is 2. The molecule has 0 aliphatic carbocycles. The minimum Gasteiger partial charge on any atom is -0.478 e. The molecule has 0 saturated heterocycles. The van der Waals surface area contributed by atoms with Crippen molar-refractivity contribution in [3.63, 3.8) is 0 Å². The van der Waals surface area contributed by atoms with Crippen LogP contribution in [0.1, 0.15) is 10.4 Å². The number of pyridine rings is 1. The Bertz CT molecular complexity index is 757. The zero-order valence-corrected chi connectivity index (χ0v) is 13.8. The van der Waals surface area contributed by atoms with Crippen LogP contribution in [0.4, 0.5) is 0 Å². The summed E-state index contributed by atoms with van der Waals surface area (Å²) in [6, 6.07) is 18.7. The summed E-state index contributed by atoms with van der Waals surface area (Å²) in [6.45, 7) is 0. The van der Waals surface area contributed by atoms with Crippen molar-refractivity contribution in [1.29, 1.82) is 0 Å². The molecule has 96 valence electrons. The molecule has 1 N–H and O–H groups in total. The molecule has 0 saturated carbocycles. The average Bonchev–Trinajstić information content (AvgIpc) is 2.47.